The Bertz CT molecular complexity index is 350. The fourth-order valence-electron chi connectivity index (χ4n) is 1.78. The lowest BCUT2D eigenvalue weighted by atomic mass is 9.96. The van der Waals surface area contributed by atoms with Gasteiger partial charge >= 0.3 is 5.97 Å². The molecule has 0 aliphatic rings. The van der Waals surface area contributed by atoms with Gasteiger partial charge in [-0.25, -0.2) is 4.79 Å². The Balaban J connectivity index is 2.74. The molecule has 0 aliphatic carbocycles. The third kappa shape index (κ3) is 3.35. The summed E-state index contributed by atoms with van der Waals surface area (Å²) in [5.41, 5.74) is 7.08. The van der Waals surface area contributed by atoms with Gasteiger partial charge in [-0.2, -0.15) is 0 Å². The van der Waals surface area contributed by atoms with Crippen molar-refractivity contribution in [2.24, 2.45) is 5.73 Å². The van der Waals surface area contributed by atoms with Crippen LogP contribution in [0.2, 0.25) is 0 Å². The van der Waals surface area contributed by atoms with E-state index in [1.165, 1.54) is 0 Å². The van der Waals surface area contributed by atoms with E-state index in [4.69, 9.17) is 10.8 Å². The summed E-state index contributed by atoms with van der Waals surface area (Å²) in [4.78, 5) is 11.0. The summed E-state index contributed by atoms with van der Waals surface area (Å²) in [6.07, 6.45) is 4.18. The van der Waals surface area contributed by atoms with Gasteiger partial charge in [0.25, 0.3) is 0 Å². The number of carbonyl (C=O) groups is 1. The molecule has 0 amide bonds. The molecule has 0 bridgehead atoms. The molecular formula is C13H19NO2. The highest BCUT2D eigenvalue weighted by atomic mass is 16.4. The van der Waals surface area contributed by atoms with Crippen molar-refractivity contribution in [3.63, 3.8) is 0 Å². The van der Waals surface area contributed by atoms with Crippen LogP contribution >= 0.6 is 0 Å². The first kappa shape index (κ1) is 12.7. The number of benzene rings is 1. The number of nitrogens with two attached hydrogens (primary N) is 1. The topological polar surface area (TPSA) is 63.3 Å². The summed E-state index contributed by atoms with van der Waals surface area (Å²) < 4.78 is 0. The Morgan fingerprint density at radius 1 is 1.38 bits per heavy atom. The normalized spacial score (nSPS) is 12.4. The van der Waals surface area contributed by atoms with E-state index in [2.05, 4.69) is 6.92 Å². The molecule has 0 spiro atoms. The summed E-state index contributed by atoms with van der Waals surface area (Å²) in [6, 6.07) is 6.81. The van der Waals surface area contributed by atoms with Gasteiger partial charge in [0.1, 0.15) is 0 Å². The zero-order valence-electron chi connectivity index (χ0n) is 9.65. The molecule has 1 atom stereocenters. The summed E-state index contributed by atoms with van der Waals surface area (Å²) in [7, 11) is 0. The first-order valence-electron chi connectivity index (χ1n) is 5.74. The highest BCUT2D eigenvalue weighted by Crippen LogP contribution is 2.21. The number of aromatic carboxylic acids is 1. The van der Waals surface area contributed by atoms with Crippen LogP contribution < -0.4 is 5.73 Å². The Labute approximate surface area is 96.3 Å². The number of hydrogen-bond donors (Lipinski definition) is 2. The molecule has 0 fully saturated rings. The molecule has 3 nitrogen and oxygen atoms in total. The fraction of sp³-hybridized carbons (Fsp3) is 0.462. The average molecular weight is 221 g/mol. The van der Waals surface area contributed by atoms with Gasteiger partial charge in [-0.1, -0.05) is 44.4 Å². The smallest absolute Gasteiger partial charge is 0.336 e. The van der Waals surface area contributed by atoms with Crippen molar-refractivity contribution in [3.05, 3.63) is 35.4 Å². The van der Waals surface area contributed by atoms with Gasteiger partial charge in [-0.3, -0.25) is 0 Å². The minimum atomic E-state index is -0.901. The van der Waals surface area contributed by atoms with Crippen molar-refractivity contribution in [1.82, 2.24) is 0 Å². The fourth-order valence-corrected chi connectivity index (χ4v) is 1.78. The third-order valence-corrected chi connectivity index (χ3v) is 2.71. The average Bonchev–Trinajstić information content (AvgIpc) is 2.29. The molecule has 1 rings (SSSR count). The third-order valence-electron chi connectivity index (χ3n) is 2.71. The van der Waals surface area contributed by atoms with Crippen molar-refractivity contribution in [2.45, 2.75) is 38.6 Å². The highest BCUT2D eigenvalue weighted by Gasteiger charge is 2.14. The maximum Gasteiger partial charge on any atom is 0.336 e. The van der Waals surface area contributed by atoms with E-state index >= 15 is 0 Å². The van der Waals surface area contributed by atoms with Gasteiger partial charge in [0.2, 0.25) is 0 Å². The number of carboxylic acid groups (broad SMARTS) is 1. The monoisotopic (exact) mass is 221 g/mol. The van der Waals surface area contributed by atoms with E-state index in [9.17, 15) is 4.79 Å². The second kappa shape index (κ2) is 6.28. The van der Waals surface area contributed by atoms with Crippen molar-refractivity contribution < 1.29 is 9.90 Å². The lowest BCUT2D eigenvalue weighted by Crippen LogP contribution is -2.14. The zero-order valence-corrected chi connectivity index (χ0v) is 9.65. The van der Waals surface area contributed by atoms with Crippen LogP contribution in [0.1, 0.15) is 54.6 Å². The first-order chi connectivity index (χ1) is 7.66. The van der Waals surface area contributed by atoms with Crippen LogP contribution in [0.5, 0.6) is 0 Å². The molecule has 0 saturated heterocycles. The Kier molecular flexibility index (Phi) is 4.99. The molecular weight excluding hydrogens is 202 g/mol. The molecule has 3 N–H and O–H groups in total. The molecule has 3 heteroatoms. The minimum Gasteiger partial charge on any atom is -0.478 e. The lowest BCUT2D eigenvalue weighted by Gasteiger charge is -2.14. The molecule has 0 radical (unpaired) electrons. The molecule has 0 aromatic heterocycles. The SMILES string of the molecule is CCCCC[C@H](N)c1ccccc1C(=O)O. The van der Waals surface area contributed by atoms with Gasteiger partial charge in [-0.15, -0.1) is 0 Å². The summed E-state index contributed by atoms with van der Waals surface area (Å²) in [5.74, 6) is -0.901. The molecule has 1 aromatic carbocycles. The first-order valence-corrected chi connectivity index (χ1v) is 5.74. The van der Waals surface area contributed by atoms with Crippen LogP contribution in [0, 0.1) is 0 Å². The van der Waals surface area contributed by atoms with E-state index in [1.807, 2.05) is 6.07 Å². The van der Waals surface area contributed by atoms with E-state index in [1.54, 1.807) is 18.2 Å². The Morgan fingerprint density at radius 3 is 2.69 bits per heavy atom. The second-order valence-corrected chi connectivity index (χ2v) is 3.99. The van der Waals surface area contributed by atoms with Crippen LogP contribution in [-0.2, 0) is 0 Å². The van der Waals surface area contributed by atoms with Crippen LogP contribution in [-0.4, -0.2) is 11.1 Å². The molecule has 1 aromatic rings. The van der Waals surface area contributed by atoms with Gasteiger partial charge in [0.05, 0.1) is 5.56 Å². The molecule has 0 unspecified atom stereocenters. The van der Waals surface area contributed by atoms with Crippen LogP contribution in [0.4, 0.5) is 0 Å². The predicted octanol–water partition coefficient (Wildman–Crippen LogP) is 2.96. The van der Waals surface area contributed by atoms with E-state index < -0.39 is 5.97 Å². The van der Waals surface area contributed by atoms with Crippen LogP contribution in [0.25, 0.3) is 0 Å². The second-order valence-electron chi connectivity index (χ2n) is 3.99. The maximum absolute atomic E-state index is 11.0. The largest absolute Gasteiger partial charge is 0.478 e. The molecule has 88 valence electrons. The van der Waals surface area contributed by atoms with E-state index in [0.29, 0.717) is 5.56 Å². The lowest BCUT2D eigenvalue weighted by molar-refractivity contribution is 0.0695. The maximum atomic E-state index is 11.0. The summed E-state index contributed by atoms with van der Waals surface area (Å²) >= 11 is 0. The van der Waals surface area contributed by atoms with Gasteiger partial charge < -0.3 is 10.8 Å². The molecule has 0 heterocycles. The van der Waals surface area contributed by atoms with Crippen molar-refractivity contribution in [1.29, 1.82) is 0 Å². The highest BCUT2D eigenvalue weighted by molar-refractivity contribution is 5.89. The number of carboxylic acids is 1. The van der Waals surface area contributed by atoms with E-state index in [0.717, 1.165) is 31.2 Å². The van der Waals surface area contributed by atoms with Crippen LogP contribution in [0.3, 0.4) is 0 Å². The molecule has 0 aliphatic heterocycles. The summed E-state index contributed by atoms with van der Waals surface area (Å²) in [5, 5.41) is 9.03. The Hall–Kier alpha value is -1.35. The van der Waals surface area contributed by atoms with Crippen LogP contribution in [0.15, 0.2) is 24.3 Å². The minimum absolute atomic E-state index is 0.168. The Morgan fingerprint density at radius 2 is 2.06 bits per heavy atom. The van der Waals surface area contributed by atoms with Crippen molar-refractivity contribution in [3.8, 4) is 0 Å². The van der Waals surface area contributed by atoms with Crippen molar-refractivity contribution in [2.75, 3.05) is 0 Å². The molecule has 16 heavy (non-hydrogen) atoms. The number of unbranched alkanes of at least 4 members (excludes halogenated alkanes) is 2. The van der Waals surface area contributed by atoms with Gasteiger partial charge in [0.15, 0.2) is 0 Å². The standard InChI is InChI=1S/C13H19NO2/c1-2-3-4-9-12(14)10-7-5-6-8-11(10)13(15)16/h5-8,12H,2-4,9,14H2,1H3,(H,15,16)/t12-/m0/s1. The predicted molar refractivity (Wildman–Crippen MR) is 64.5 cm³/mol. The quantitative estimate of drug-likeness (QED) is 0.726. The van der Waals surface area contributed by atoms with E-state index in [-0.39, 0.29) is 6.04 Å². The zero-order chi connectivity index (χ0) is 12.0. The van der Waals surface area contributed by atoms with Gasteiger partial charge in [0, 0.05) is 6.04 Å². The number of hydrogen-bond acceptors (Lipinski definition) is 2. The number of rotatable bonds is 6. The van der Waals surface area contributed by atoms with Gasteiger partial charge in [-0.05, 0) is 18.1 Å². The van der Waals surface area contributed by atoms with Crippen molar-refractivity contribution >= 4 is 5.97 Å². The molecule has 0 saturated carbocycles. The summed E-state index contributed by atoms with van der Waals surface area (Å²) in [6.45, 7) is 2.14.